The van der Waals surface area contributed by atoms with E-state index in [2.05, 4.69) is 10.3 Å². The van der Waals surface area contributed by atoms with Gasteiger partial charge in [0.25, 0.3) is 0 Å². The number of hydrogen-bond acceptors (Lipinski definition) is 6. The van der Waals surface area contributed by atoms with E-state index < -0.39 is 11.4 Å². The Hall–Kier alpha value is -2.47. The van der Waals surface area contributed by atoms with Crippen molar-refractivity contribution < 1.29 is 13.9 Å². The topological polar surface area (TPSA) is 81.0 Å². The molecule has 7 nitrogen and oxygen atoms in total. The zero-order valence-corrected chi connectivity index (χ0v) is 16.8. The first-order valence-electron chi connectivity index (χ1n) is 8.53. The van der Waals surface area contributed by atoms with Gasteiger partial charge in [-0.2, -0.15) is 5.26 Å². The number of carbonyl (C=O) groups excluding carboxylic acids is 1. The van der Waals surface area contributed by atoms with Crippen molar-refractivity contribution >= 4 is 34.4 Å². The van der Waals surface area contributed by atoms with E-state index >= 15 is 0 Å². The molecule has 1 aliphatic heterocycles. The van der Waals surface area contributed by atoms with Crippen LogP contribution in [0.15, 0.2) is 23.2 Å². The van der Waals surface area contributed by atoms with Gasteiger partial charge in [0.2, 0.25) is 0 Å². The normalized spacial score (nSPS) is 15.3. The van der Waals surface area contributed by atoms with Crippen LogP contribution in [-0.2, 0) is 4.74 Å². The predicted molar refractivity (Wildman–Crippen MR) is 106 cm³/mol. The first-order valence-corrected chi connectivity index (χ1v) is 9.76. The third-order valence-corrected chi connectivity index (χ3v) is 4.37. The van der Waals surface area contributed by atoms with Crippen LogP contribution in [0.3, 0.4) is 0 Å². The number of piperazine rings is 1. The summed E-state index contributed by atoms with van der Waals surface area (Å²) in [5, 5.41) is 11.7. The third-order valence-electron chi connectivity index (χ3n) is 3.79. The Morgan fingerprint density at radius 3 is 2.56 bits per heavy atom. The summed E-state index contributed by atoms with van der Waals surface area (Å²) in [4.78, 5) is 20.3. The molecule has 1 aromatic carbocycles. The fourth-order valence-electron chi connectivity index (χ4n) is 2.59. The van der Waals surface area contributed by atoms with Crippen molar-refractivity contribution in [2.45, 2.75) is 26.4 Å². The number of amidine groups is 1. The van der Waals surface area contributed by atoms with Crippen molar-refractivity contribution in [3.05, 3.63) is 24.0 Å². The predicted octanol–water partition coefficient (Wildman–Crippen LogP) is 3.30. The molecule has 1 amide bonds. The minimum Gasteiger partial charge on any atom is -0.444 e. The van der Waals surface area contributed by atoms with E-state index in [4.69, 9.17) is 10.00 Å². The highest BCUT2D eigenvalue weighted by Crippen LogP contribution is 2.31. The Morgan fingerprint density at radius 2 is 2.00 bits per heavy atom. The molecule has 0 radical (unpaired) electrons. The van der Waals surface area contributed by atoms with Crippen molar-refractivity contribution in [2.75, 3.05) is 37.3 Å². The van der Waals surface area contributed by atoms with Gasteiger partial charge in [-0.05, 0) is 39.2 Å². The second-order valence-electron chi connectivity index (χ2n) is 6.95. The molecule has 0 spiro atoms. The maximum Gasteiger partial charge on any atom is 0.410 e. The number of rotatable bonds is 2. The van der Waals surface area contributed by atoms with Gasteiger partial charge in [-0.3, -0.25) is 5.32 Å². The standard InChI is InChI=1S/C18H24FN5O2S/c1-18(2,3)26-17(25)24-9-7-23(8-10-24)15-6-5-13(19)11-14(15)22-16(27-4)21-12-20/h5-6,11H,7-10H2,1-4H3,(H,21,22). The van der Waals surface area contributed by atoms with E-state index in [1.54, 1.807) is 17.2 Å². The zero-order chi connectivity index (χ0) is 20.0. The lowest BCUT2D eigenvalue weighted by Crippen LogP contribution is -2.50. The van der Waals surface area contributed by atoms with Gasteiger partial charge in [-0.25, -0.2) is 14.2 Å². The highest BCUT2D eigenvalue weighted by molar-refractivity contribution is 8.13. The molecular formula is C18H24FN5O2S. The lowest BCUT2D eigenvalue weighted by Gasteiger charge is -2.37. The van der Waals surface area contributed by atoms with Crippen molar-refractivity contribution in [2.24, 2.45) is 4.99 Å². The average Bonchev–Trinajstić information content (AvgIpc) is 2.60. The maximum atomic E-state index is 13.7. The fourth-order valence-corrected chi connectivity index (χ4v) is 2.93. The number of halogens is 1. The number of amides is 1. The Kier molecular flexibility index (Phi) is 6.91. The Morgan fingerprint density at radius 1 is 1.33 bits per heavy atom. The lowest BCUT2D eigenvalue weighted by molar-refractivity contribution is 0.0240. The number of nitrogens with one attached hydrogen (secondary N) is 1. The molecule has 0 unspecified atom stereocenters. The molecule has 1 heterocycles. The van der Waals surface area contributed by atoms with Gasteiger partial charge in [-0.1, -0.05) is 11.8 Å². The average molecular weight is 393 g/mol. The summed E-state index contributed by atoms with van der Waals surface area (Å²) in [6.07, 6.45) is 3.27. The van der Waals surface area contributed by atoms with Crippen molar-refractivity contribution in [1.29, 1.82) is 5.26 Å². The summed E-state index contributed by atoms with van der Waals surface area (Å²) < 4.78 is 19.1. The van der Waals surface area contributed by atoms with Gasteiger partial charge in [0.1, 0.15) is 11.4 Å². The largest absolute Gasteiger partial charge is 0.444 e. The van der Waals surface area contributed by atoms with Gasteiger partial charge in [0.05, 0.1) is 11.4 Å². The van der Waals surface area contributed by atoms with E-state index in [-0.39, 0.29) is 6.09 Å². The molecule has 146 valence electrons. The monoisotopic (exact) mass is 393 g/mol. The maximum absolute atomic E-state index is 13.7. The summed E-state index contributed by atoms with van der Waals surface area (Å²) in [5.74, 6) is -0.401. The SMILES string of the molecule is CSC(=Nc1cc(F)ccc1N1CCN(C(=O)OC(C)(C)C)CC1)NC#N. The van der Waals surface area contributed by atoms with E-state index in [1.165, 1.54) is 23.9 Å². The van der Waals surface area contributed by atoms with E-state index in [0.29, 0.717) is 37.0 Å². The third kappa shape index (κ3) is 6.03. The second-order valence-corrected chi connectivity index (χ2v) is 7.74. The minimum absolute atomic E-state index is 0.331. The van der Waals surface area contributed by atoms with Crippen LogP contribution in [0.5, 0.6) is 0 Å². The number of ether oxygens (including phenoxy) is 1. The number of carbonyl (C=O) groups is 1. The minimum atomic E-state index is -0.533. The van der Waals surface area contributed by atoms with Crippen LogP contribution in [-0.4, -0.2) is 54.2 Å². The second kappa shape index (κ2) is 8.95. The van der Waals surface area contributed by atoms with Crippen LogP contribution in [0, 0.1) is 17.3 Å². The number of benzene rings is 1. The van der Waals surface area contributed by atoms with Crippen LogP contribution in [0.2, 0.25) is 0 Å². The van der Waals surface area contributed by atoms with Crippen molar-refractivity contribution in [3.8, 4) is 6.19 Å². The summed E-state index contributed by atoms with van der Waals surface area (Å²) in [6.45, 7) is 7.66. The Balaban J connectivity index is 2.14. The first kappa shape index (κ1) is 20.8. The first-order chi connectivity index (χ1) is 12.7. The molecule has 0 atom stereocenters. The number of nitriles is 1. The van der Waals surface area contributed by atoms with E-state index in [1.807, 2.05) is 31.9 Å². The number of hydrogen-bond donors (Lipinski definition) is 1. The molecule has 0 aromatic heterocycles. The zero-order valence-electron chi connectivity index (χ0n) is 16.0. The molecule has 1 aromatic rings. The molecule has 1 saturated heterocycles. The molecule has 2 rings (SSSR count). The molecule has 27 heavy (non-hydrogen) atoms. The molecule has 1 aliphatic rings. The van der Waals surface area contributed by atoms with Gasteiger partial charge < -0.3 is 14.5 Å². The fraction of sp³-hybridized carbons (Fsp3) is 0.500. The number of aliphatic imine (C=N–C) groups is 1. The summed E-state index contributed by atoms with van der Waals surface area (Å²) >= 11 is 1.27. The van der Waals surface area contributed by atoms with Crippen LogP contribution in [0.4, 0.5) is 20.6 Å². The van der Waals surface area contributed by atoms with Gasteiger partial charge >= 0.3 is 6.09 Å². The molecule has 0 bridgehead atoms. The summed E-state index contributed by atoms with van der Waals surface area (Å²) in [5.41, 5.74) is 0.661. The molecular weight excluding hydrogens is 369 g/mol. The van der Waals surface area contributed by atoms with Crippen LogP contribution < -0.4 is 10.2 Å². The van der Waals surface area contributed by atoms with Gasteiger partial charge in [0, 0.05) is 32.2 Å². The van der Waals surface area contributed by atoms with E-state index in [9.17, 15) is 9.18 Å². The molecule has 0 aliphatic carbocycles. The van der Waals surface area contributed by atoms with Crippen LogP contribution in [0.25, 0.3) is 0 Å². The number of nitrogens with zero attached hydrogens (tertiary/aromatic N) is 4. The smallest absolute Gasteiger partial charge is 0.410 e. The quantitative estimate of drug-likeness (QED) is 0.359. The Bertz CT molecular complexity index is 749. The van der Waals surface area contributed by atoms with Crippen molar-refractivity contribution in [1.82, 2.24) is 10.2 Å². The summed E-state index contributed by atoms with van der Waals surface area (Å²) in [7, 11) is 0. The number of thioether (sulfide) groups is 1. The van der Waals surface area contributed by atoms with Gasteiger partial charge in [0.15, 0.2) is 11.4 Å². The highest BCUT2D eigenvalue weighted by Gasteiger charge is 2.26. The molecule has 9 heteroatoms. The van der Waals surface area contributed by atoms with Crippen molar-refractivity contribution in [3.63, 3.8) is 0 Å². The summed E-state index contributed by atoms with van der Waals surface area (Å²) in [6, 6.07) is 4.39. The lowest BCUT2D eigenvalue weighted by atomic mass is 10.2. The molecule has 1 N–H and O–H groups in total. The van der Waals surface area contributed by atoms with Crippen LogP contribution >= 0.6 is 11.8 Å². The molecule has 0 saturated carbocycles. The van der Waals surface area contributed by atoms with Crippen LogP contribution in [0.1, 0.15) is 20.8 Å². The number of anilines is 1. The molecule has 1 fully saturated rings. The Labute approximate surface area is 163 Å². The highest BCUT2D eigenvalue weighted by atomic mass is 32.2. The van der Waals surface area contributed by atoms with Gasteiger partial charge in [-0.15, -0.1) is 0 Å². The van der Waals surface area contributed by atoms with E-state index in [0.717, 1.165) is 5.69 Å².